The van der Waals surface area contributed by atoms with Crippen molar-refractivity contribution in [3.8, 4) is 0 Å². The third kappa shape index (κ3) is 2.21. The van der Waals surface area contributed by atoms with Gasteiger partial charge in [-0.1, -0.05) is 25.5 Å². The first kappa shape index (κ1) is 19.0. The van der Waals surface area contributed by atoms with E-state index in [9.17, 15) is 19.8 Å². The predicted molar refractivity (Wildman–Crippen MR) is 98.5 cm³/mol. The van der Waals surface area contributed by atoms with Gasteiger partial charge in [-0.2, -0.15) is 0 Å². The van der Waals surface area contributed by atoms with Crippen LogP contribution in [0, 0.1) is 34.5 Å². The van der Waals surface area contributed by atoms with Crippen molar-refractivity contribution in [2.45, 2.75) is 58.2 Å². The van der Waals surface area contributed by atoms with E-state index in [2.05, 4.69) is 0 Å². The minimum atomic E-state index is -1.85. The number of hydrogen-bond acceptors (Lipinski definition) is 4. The molecule has 3 unspecified atom stereocenters. The van der Waals surface area contributed by atoms with Crippen molar-refractivity contribution in [3.05, 3.63) is 23.8 Å². The van der Waals surface area contributed by atoms with Gasteiger partial charge in [0.2, 0.25) is 0 Å². The zero-order valence-corrected chi connectivity index (χ0v) is 16.2. The minimum absolute atomic E-state index is 0.0224. The fraction of sp³-hybridized carbons (Fsp3) is 0.727. The second kappa shape index (κ2) is 5.84. The molecule has 0 aromatic carbocycles. The van der Waals surface area contributed by atoms with Gasteiger partial charge in [-0.15, -0.1) is 0 Å². The molecule has 27 heavy (non-hydrogen) atoms. The molecule has 2 N–H and O–H groups in total. The van der Waals surface area contributed by atoms with E-state index in [1.54, 1.807) is 13.0 Å². The largest absolute Gasteiger partial charge is 0.390 e. The van der Waals surface area contributed by atoms with E-state index in [1.165, 1.54) is 12.2 Å². The number of aliphatic hydroxyl groups excluding tert-OH is 2. The molecule has 8 atom stereocenters. The highest BCUT2D eigenvalue weighted by Crippen LogP contribution is 2.69. The molecular formula is C22H29FO4. The molecule has 4 rings (SSSR count). The van der Waals surface area contributed by atoms with Gasteiger partial charge in [-0.05, 0) is 62.0 Å². The van der Waals surface area contributed by atoms with Gasteiger partial charge in [0.25, 0.3) is 0 Å². The summed E-state index contributed by atoms with van der Waals surface area (Å²) in [5.41, 5.74) is -2.59. The van der Waals surface area contributed by atoms with Gasteiger partial charge >= 0.3 is 0 Å². The highest BCUT2D eigenvalue weighted by atomic mass is 19.1. The van der Waals surface area contributed by atoms with Crippen LogP contribution < -0.4 is 0 Å². The van der Waals surface area contributed by atoms with Crippen molar-refractivity contribution < 1.29 is 24.2 Å². The Hall–Kier alpha value is -1.33. The van der Waals surface area contributed by atoms with Gasteiger partial charge in [-0.3, -0.25) is 9.59 Å². The van der Waals surface area contributed by atoms with Crippen molar-refractivity contribution >= 4 is 11.6 Å². The summed E-state index contributed by atoms with van der Waals surface area (Å²) in [6.45, 7) is 5.29. The average molecular weight is 376 g/mol. The lowest BCUT2D eigenvalue weighted by Crippen LogP contribution is -2.66. The number of alkyl halides is 1. The number of carbonyl (C=O) groups is 2. The second-order valence-electron chi connectivity index (χ2n) is 9.67. The molecule has 4 aliphatic carbocycles. The first-order valence-corrected chi connectivity index (χ1v) is 10.0. The quantitative estimate of drug-likeness (QED) is 0.777. The van der Waals surface area contributed by atoms with E-state index >= 15 is 4.39 Å². The number of ketones is 2. The van der Waals surface area contributed by atoms with Crippen LogP contribution in [0.3, 0.4) is 0 Å². The van der Waals surface area contributed by atoms with Crippen LogP contribution in [0.4, 0.5) is 4.39 Å². The topological polar surface area (TPSA) is 74.6 Å². The minimum Gasteiger partial charge on any atom is -0.390 e. The molecule has 5 heteroatoms. The number of aliphatic hydroxyl groups is 2. The van der Waals surface area contributed by atoms with Crippen LogP contribution in [0.1, 0.15) is 46.5 Å². The van der Waals surface area contributed by atoms with Crippen molar-refractivity contribution in [1.29, 1.82) is 0 Å². The zero-order valence-electron chi connectivity index (χ0n) is 16.2. The molecule has 0 spiro atoms. The Morgan fingerprint density at radius 2 is 2.04 bits per heavy atom. The molecule has 0 heterocycles. The average Bonchev–Trinajstić information content (AvgIpc) is 2.86. The number of rotatable bonds is 2. The molecule has 0 radical (unpaired) electrons. The molecule has 3 saturated carbocycles. The fourth-order valence-corrected chi connectivity index (χ4v) is 7.36. The Bertz CT molecular complexity index is 757. The summed E-state index contributed by atoms with van der Waals surface area (Å²) in [5, 5.41) is 20.6. The molecule has 0 bridgehead atoms. The van der Waals surface area contributed by atoms with E-state index in [1.807, 2.05) is 13.8 Å². The van der Waals surface area contributed by atoms with E-state index < -0.39 is 29.2 Å². The Morgan fingerprint density at radius 3 is 2.70 bits per heavy atom. The number of fused-ring (bicyclic) bond motifs is 5. The summed E-state index contributed by atoms with van der Waals surface area (Å²) in [6, 6.07) is 0. The fourth-order valence-electron chi connectivity index (χ4n) is 7.36. The summed E-state index contributed by atoms with van der Waals surface area (Å²) in [4.78, 5) is 24.3. The summed E-state index contributed by atoms with van der Waals surface area (Å²) >= 11 is 0. The van der Waals surface area contributed by atoms with Gasteiger partial charge in [0, 0.05) is 17.3 Å². The highest BCUT2D eigenvalue weighted by molar-refractivity contribution is 6.01. The lowest BCUT2D eigenvalue weighted by Gasteiger charge is -2.62. The maximum Gasteiger partial charge on any atom is 0.178 e. The second-order valence-corrected chi connectivity index (χ2v) is 9.67. The van der Waals surface area contributed by atoms with Crippen molar-refractivity contribution in [2.24, 2.45) is 34.5 Å². The van der Waals surface area contributed by atoms with Gasteiger partial charge in [-0.25, -0.2) is 4.39 Å². The van der Waals surface area contributed by atoms with Crippen LogP contribution in [0.15, 0.2) is 23.8 Å². The number of carbonyl (C=O) groups excluding carboxylic acids is 2. The maximum atomic E-state index is 16.8. The van der Waals surface area contributed by atoms with Crippen LogP contribution in [-0.4, -0.2) is 40.2 Å². The Balaban J connectivity index is 1.80. The Kier molecular flexibility index (Phi) is 4.11. The third-order valence-electron chi connectivity index (χ3n) is 8.48. The molecule has 148 valence electrons. The Morgan fingerprint density at radius 1 is 1.33 bits per heavy atom. The molecule has 3 fully saturated rings. The molecule has 0 saturated heterocycles. The smallest absolute Gasteiger partial charge is 0.178 e. The van der Waals surface area contributed by atoms with E-state index in [-0.39, 0.29) is 41.7 Å². The molecule has 0 aliphatic heterocycles. The summed E-state index contributed by atoms with van der Waals surface area (Å²) < 4.78 is 16.8. The van der Waals surface area contributed by atoms with Crippen LogP contribution >= 0.6 is 0 Å². The van der Waals surface area contributed by atoms with Gasteiger partial charge in [0.05, 0.1) is 6.10 Å². The molecule has 0 amide bonds. The molecular weight excluding hydrogens is 347 g/mol. The zero-order chi connectivity index (χ0) is 19.8. The monoisotopic (exact) mass is 376 g/mol. The Labute approximate surface area is 159 Å². The van der Waals surface area contributed by atoms with Gasteiger partial charge in [0.1, 0.15) is 6.61 Å². The number of allylic oxidation sites excluding steroid dienone is 4. The van der Waals surface area contributed by atoms with Crippen molar-refractivity contribution in [1.82, 2.24) is 0 Å². The van der Waals surface area contributed by atoms with Crippen LogP contribution in [0.2, 0.25) is 0 Å². The van der Waals surface area contributed by atoms with E-state index in [0.29, 0.717) is 12.8 Å². The van der Waals surface area contributed by atoms with Crippen molar-refractivity contribution in [2.75, 3.05) is 6.61 Å². The lowest BCUT2D eigenvalue weighted by atomic mass is 9.45. The molecule has 0 aromatic heterocycles. The normalized spacial score (nSPS) is 51.3. The lowest BCUT2D eigenvalue weighted by molar-refractivity contribution is -0.195. The SMILES string of the molecule is C[C@@H]1CC2C3CCC4=CC(=O)C=C[C@]4(C)[C@@]3(F)[C@@H](O)C[C@]2(C)C1C(=O)CO. The first-order chi connectivity index (χ1) is 12.6. The number of halogens is 1. The van der Waals surface area contributed by atoms with Crippen LogP contribution in [0.5, 0.6) is 0 Å². The molecule has 4 aliphatic rings. The van der Waals surface area contributed by atoms with Crippen molar-refractivity contribution in [3.63, 3.8) is 0 Å². The van der Waals surface area contributed by atoms with Gasteiger partial charge in [0.15, 0.2) is 17.2 Å². The van der Waals surface area contributed by atoms with E-state index in [4.69, 9.17) is 0 Å². The summed E-state index contributed by atoms with van der Waals surface area (Å²) in [5.74, 6) is -1.00. The van der Waals surface area contributed by atoms with Crippen LogP contribution in [0.25, 0.3) is 0 Å². The maximum absolute atomic E-state index is 16.8. The summed E-state index contributed by atoms with van der Waals surface area (Å²) in [7, 11) is 0. The third-order valence-corrected chi connectivity index (χ3v) is 8.48. The molecule has 4 nitrogen and oxygen atoms in total. The highest BCUT2D eigenvalue weighted by Gasteiger charge is 2.71. The summed E-state index contributed by atoms with van der Waals surface area (Å²) in [6.07, 6.45) is 5.53. The van der Waals surface area contributed by atoms with Crippen LogP contribution in [-0.2, 0) is 9.59 Å². The standard InChI is InChI=1S/C22H29FO4/c1-12-8-16-15-5-4-13-9-14(25)6-7-21(13,3)22(15,23)18(27)10-20(16,2)19(12)17(26)11-24/h6-7,9,12,15-16,18-19,24,27H,4-5,8,10-11H2,1-3H3/t12-,15?,16?,18+,19?,20+,21+,22+/m1/s1. The molecule has 0 aromatic rings. The van der Waals surface area contributed by atoms with Gasteiger partial charge < -0.3 is 10.2 Å². The number of Topliss-reactive ketones (excluding diaryl/α,β-unsaturated/α-hetero) is 1. The van der Waals surface area contributed by atoms with E-state index in [0.717, 1.165) is 12.0 Å². The number of hydrogen-bond donors (Lipinski definition) is 2. The first-order valence-electron chi connectivity index (χ1n) is 10.0. The predicted octanol–water partition coefficient (Wildman–Crippen LogP) is 2.78.